The summed E-state index contributed by atoms with van der Waals surface area (Å²) in [5.41, 5.74) is 2.31. The third-order valence-electron chi connectivity index (χ3n) is 2.56. The molecule has 0 radical (unpaired) electrons. The lowest BCUT2D eigenvalue weighted by molar-refractivity contribution is 0.478. The topological polar surface area (TPSA) is 34.1 Å². The summed E-state index contributed by atoms with van der Waals surface area (Å²) in [6.07, 6.45) is 1.73. The normalized spacial score (nSPS) is 10.1. The van der Waals surface area contributed by atoms with Crippen LogP contribution in [0.15, 0.2) is 36.5 Å². The van der Waals surface area contributed by atoms with Crippen molar-refractivity contribution in [1.82, 2.24) is 4.98 Å². The molecule has 0 aliphatic heterocycles. The van der Waals surface area contributed by atoms with Crippen LogP contribution in [0.1, 0.15) is 11.1 Å². The Morgan fingerprint density at radius 1 is 1.12 bits per heavy atom. The van der Waals surface area contributed by atoms with E-state index in [9.17, 15) is 0 Å². The second-order valence-corrected chi connectivity index (χ2v) is 4.00. The van der Waals surface area contributed by atoms with Gasteiger partial charge in [0.1, 0.15) is 17.3 Å². The molecular formula is C14H16N2O. The highest BCUT2D eigenvalue weighted by Crippen LogP contribution is 2.26. The van der Waals surface area contributed by atoms with Gasteiger partial charge in [-0.2, -0.15) is 0 Å². The molecule has 0 aliphatic carbocycles. The first kappa shape index (κ1) is 11.5. The lowest BCUT2D eigenvalue weighted by Crippen LogP contribution is -1.93. The molecule has 3 heteroatoms. The highest BCUT2D eigenvalue weighted by molar-refractivity contribution is 5.44. The van der Waals surface area contributed by atoms with Crippen molar-refractivity contribution in [3.63, 3.8) is 0 Å². The Hall–Kier alpha value is -2.03. The van der Waals surface area contributed by atoms with Gasteiger partial charge in [0, 0.05) is 19.3 Å². The molecule has 0 aliphatic rings. The van der Waals surface area contributed by atoms with E-state index in [1.165, 1.54) is 5.56 Å². The first-order valence-electron chi connectivity index (χ1n) is 5.58. The molecule has 1 aromatic heterocycles. The predicted molar refractivity (Wildman–Crippen MR) is 69.8 cm³/mol. The molecule has 1 aromatic carbocycles. The second-order valence-electron chi connectivity index (χ2n) is 4.00. The maximum Gasteiger partial charge on any atom is 0.132 e. The van der Waals surface area contributed by atoms with Crippen LogP contribution in [0.4, 0.5) is 5.82 Å². The van der Waals surface area contributed by atoms with Gasteiger partial charge in [0.2, 0.25) is 0 Å². The number of benzene rings is 1. The Labute approximate surface area is 101 Å². The zero-order chi connectivity index (χ0) is 12.3. The summed E-state index contributed by atoms with van der Waals surface area (Å²) in [6, 6.07) is 9.90. The maximum atomic E-state index is 5.85. The summed E-state index contributed by atoms with van der Waals surface area (Å²) in [7, 11) is 1.84. The zero-order valence-corrected chi connectivity index (χ0v) is 10.3. The number of anilines is 1. The molecule has 0 unspecified atom stereocenters. The summed E-state index contributed by atoms with van der Waals surface area (Å²) >= 11 is 0. The van der Waals surface area contributed by atoms with E-state index in [4.69, 9.17) is 4.74 Å². The van der Waals surface area contributed by atoms with E-state index in [0.29, 0.717) is 0 Å². The number of nitrogens with one attached hydrogen (secondary N) is 1. The van der Waals surface area contributed by atoms with Crippen LogP contribution in [0.3, 0.4) is 0 Å². The lowest BCUT2D eigenvalue weighted by Gasteiger charge is -2.10. The summed E-state index contributed by atoms with van der Waals surface area (Å²) in [4.78, 5) is 4.15. The number of aryl methyl sites for hydroxylation is 2. The van der Waals surface area contributed by atoms with Crippen LogP contribution in [-0.2, 0) is 0 Å². The third kappa shape index (κ3) is 2.75. The average Bonchev–Trinajstić information content (AvgIpc) is 2.34. The summed E-state index contributed by atoms with van der Waals surface area (Å²) < 4.78 is 5.85. The second kappa shape index (κ2) is 4.87. The minimum absolute atomic E-state index is 0.790. The maximum absolute atomic E-state index is 5.85. The number of rotatable bonds is 3. The molecule has 3 nitrogen and oxygen atoms in total. The van der Waals surface area contributed by atoms with E-state index >= 15 is 0 Å². The van der Waals surface area contributed by atoms with E-state index in [1.807, 2.05) is 32.2 Å². The lowest BCUT2D eigenvalue weighted by atomic mass is 10.1. The van der Waals surface area contributed by atoms with Crippen LogP contribution in [0.5, 0.6) is 11.5 Å². The van der Waals surface area contributed by atoms with Crippen LogP contribution in [0, 0.1) is 13.8 Å². The van der Waals surface area contributed by atoms with E-state index in [-0.39, 0.29) is 0 Å². The number of hydrogen-bond donors (Lipinski definition) is 1. The predicted octanol–water partition coefficient (Wildman–Crippen LogP) is 3.53. The van der Waals surface area contributed by atoms with Crippen LogP contribution in [0.2, 0.25) is 0 Å². The van der Waals surface area contributed by atoms with E-state index < -0.39 is 0 Å². The molecule has 0 atom stereocenters. The van der Waals surface area contributed by atoms with Crippen molar-refractivity contribution in [2.45, 2.75) is 13.8 Å². The van der Waals surface area contributed by atoms with E-state index in [2.05, 4.69) is 29.4 Å². The largest absolute Gasteiger partial charge is 0.457 e. The van der Waals surface area contributed by atoms with Crippen molar-refractivity contribution < 1.29 is 4.74 Å². The molecule has 1 N–H and O–H groups in total. The Morgan fingerprint density at radius 2 is 1.94 bits per heavy atom. The Kier molecular flexibility index (Phi) is 3.28. The van der Waals surface area contributed by atoms with Gasteiger partial charge in [-0.05, 0) is 37.1 Å². The van der Waals surface area contributed by atoms with Gasteiger partial charge < -0.3 is 10.1 Å². The molecule has 2 rings (SSSR count). The molecule has 17 heavy (non-hydrogen) atoms. The molecule has 88 valence electrons. The van der Waals surface area contributed by atoms with Gasteiger partial charge in [-0.1, -0.05) is 12.1 Å². The number of aromatic nitrogens is 1. The molecule has 0 saturated heterocycles. The molecule has 0 bridgehead atoms. The summed E-state index contributed by atoms with van der Waals surface area (Å²) in [6.45, 7) is 4.09. The monoisotopic (exact) mass is 228 g/mol. The van der Waals surface area contributed by atoms with Gasteiger partial charge in [-0.3, -0.25) is 0 Å². The van der Waals surface area contributed by atoms with Gasteiger partial charge in [-0.25, -0.2) is 4.98 Å². The van der Waals surface area contributed by atoms with Gasteiger partial charge in [-0.15, -0.1) is 0 Å². The summed E-state index contributed by atoms with van der Waals surface area (Å²) in [5.74, 6) is 2.48. The fourth-order valence-corrected chi connectivity index (χ4v) is 1.56. The molecular weight excluding hydrogens is 212 g/mol. The SMILES string of the molecule is CNc1cc(Oc2cc(C)ccc2C)ccn1. The minimum atomic E-state index is 0.790. The molecule has 0 saturated carbocycles. The fraction of sp³-hybridized carbons (Fsp3) is 0.214. The molecule has 0 spiro atoms. The van der Waals surface area contributed by atoms with Gasteiger partial charge in [0.15, 0.2) is 0 Å². The number of ether oxygens (including phenoxy) is 1. The zero-order valence-electron chi connectivity index (χ0n) is 10.3. The third-order valence-corrected chi connectivity index (χ3v) is 2.56. The van der Waals surface area contributed by atoms with Gasteiger partial charge >= 0.3 is 0 Å². The fourth-order valence-electron chi connectivity index (χ4n) is 1.56. The molecule has 0 fully saturated rings. The molecule has 1 heterocycles. The number of pyridine rings is 1. The standard InChI is InChI=1S/C14H16N2O/c1-10-4-5-11(2)13(8-10)17-12-6-7-16-14(9-12)15-3/h4-9H,1-3H3,(H,15,16). The van der Waals surface area contributed by atoms with Crippen molar-refractivity contribution in [2.75, 3.05) is 12.4 Å². The highest BCUT2D eigenvalue weighted by atomic mass is 16.5. The van der Waals surface area contributed by atoms with Crippen LogP contribution < -0.4 is 10.1 Å². The van der Waals surface area contributed by atoms with Crippen LogP contribution >= 0.6 is 0 Å². The smallest absolute Gasteiger partial charge is 0.132 e. The van der Waals surface area contributed by atoms with Crippen molar-refractivity contribution in [1.29, 1.82) is 0 Å². The van der Waals surface area contributed by atoms with E-state index in [0.717, 1.165) is 22.9 Å². The highest BCUT2D eigenvalue weighted by Gasteiger charge is 2.02. The van der Waals surface area contributed by atoms with Crippen molar-refractivity contribution >= 4 is 5.82 Å². The van der Waals surface area contributed by atoms with Crippen LogP contribution in [-0.4, -0.2) is 12.0 Å². The van der Waals surface area contributed by atoms with Crippen molar-refractivity contribution in [2.24, 2.45) is 0 Å². The first-order chi connectivity index (χ1) is 8.19. The number of hydrogen-bond acceptors (Lipinski definition) is 3. The van der Waals surface area contributed by atoms with Crippen molar-refractivity contribution in [3.8, 4) is 11.5 Å². The van der Waals surface area contributed by atoms with Gasteiger partial charge in [0.05, 0.1) is 0 Å². The van der Waals surface area contributed by atoms with Gasteiger partial charge in [0.25, 0.3) is 0 Å². The molecule has 2 aromatic rings. The Morgan fingerprint density at radius 3 is 2.71 bits per heavy atom. The average molecular weight is 228 g/mol. The summed E-state index contributed by atoms with van der Waals surface area (Å²) in [5, 5.41) is 2.99. The van der Waals surface area contributed by atoms with Crippen molar-refractivity contribution in [3.05, 3.63) is 47.7 Å². The molecule has 0 amide bonds. The number of nitrogens with zero attached hydrogens (tertiary/aromatic N) is 1. The Bertz CT molecular complexity index is 523. The minimum Gasteiger partial charge on any atom is -0.457 e. The Balaban J connectivity index is 2.27. The first-order valence-corrected chi connectivity index (χ1v) is 5.58. The van der Waals surface area contributed by atoms with Crippen LogP contribution in [0.25, 0.3) is 0 Å². The quantitative estimate of drug-likeness (QED) is 0.872. The van der Waals surface area contributed by atoms with E-state index in [1.54, 1.807) is 6.20 Å².